The fraction of sp³-hybridized carbons (Fsp3) is 0.900. The molecule has 0 heterocycles. The van der Waals surface area contributed by atoms with Crippen LogP contribution >= 0.6 is 0 Å². The Morgan fingerprint density at radius 1 is 1.09 bits per heavy atom. The number of hydrogen-bond acceptors (Lipinski definition) is 1. The van der Waals surface area contributed by atoms with Crippen LogP contribution in [-0.4, -0.2) is 0 Å². The van der Waals surface area contributed by atoms with Crippen LogP contribution in [0.3, 0.4) is 0 Å². The summed E-state index contributed by atoms with van der Waals surface area (Å²) in [4.78, 5) is 0. The quantitative estimate of drug-likeness (QED) is 0.562. The third-order valence-corrected chi connectivity index (χ3v) is 3.61. The van der Waals surface area contributed by atoms with E-state index in [2.05, 4.69) is 6.07 Å². The number of nitrogens with zero attached hydrogens (tertiary/aromatic N) is 1. The molecule has 0 radical (unpaired) electrons. The van der Waals surface area contributed by atoms with Crippen LogP contribution in [-0.2, 0) is 0 Å². The Labute approximate surface area is 68.4 Å². The average Bonchev–Trinajstić information content (AvgIpc) is 2.39. The molecule has 0 spiro atoms. The third-order valence-electron chi connectivity index (χ3n) is 3.61. The lowest BCUT2D eigenvalue weighted by Gasteiger charge is -2.40. The summed E-state index contributed by atoms with van der Waals surface area (Å²) in [6.07, 6.45) is 9.07. The second-order valence-electron chi connectivity index (χ2n) is 4.10. The Bertz CT molecular complexity index is 180. The highest BCUT2D eigenvalue weighted by molar-refractivity contribution is 5.08. The van der Waals surface area contributed by atoms with Gasteiger partial charge in [0, 0.05) is 0 Å². The van der Waals surface area contributed by atoms with E-state index < -0.39 is 0 Å². The van der Waals surface area contributed by atoms with E-state index in [1.165, 1.54) is 44.9 Å². The molecule has 0 aromatic carbocycles. The van der Waals surface area contributed by atoms with E-state index in [9.17, 15) is 0 Å². The molecule has 2 aliphatic carbocycles. The molecule has 11 heavy (non-hydrogen) atoms. The van der Waals surface area contributed by atoms with Gasteiger partial charge in [-0.15, -0.1) is 0 Å². The SMILES string of the molecule is N#CC1(C2CCCC2)CCC1. The van der Waals surface area contributed by atoms with E-state index in [0.717, 1.165) is 5.92 Å². The molecule has 0 saturated heterocycles. The second kappa shape index (κ2) is 2.52. The van der Waals surface area contributed by atoms with Gasteiger partial charge in [-0.2, -0.15) is 5.26 Å². The fourth-order valence-electron chi connectivity index (χ4n) is 2.65. The monoisotopic (exact) mass is 149 g/mol. The Kier molecular flexibility index (Phi) is 1.64. The van der Waals surface area contributed by atoms with Gasteiger partial charge in [0.15, 0.2) is 0 Å². The molecule has 0 bridgehead atoms. The lowest BCUT2D eigenvalue weighted by Crippen LogP contribution is -2.34. The molecule has 2 aliphatic rings. The predicted octanol–water partition coefficient (Wildman–Crippen LogP) is 2.87. The van der Waals surface area contributed by atoms with Crippen LogP contribution < -0.4 is 0 Å². The van der Waals surface area contributed by atoms with E-state index >= 15 is 0 Å². The summed E-state index contributed by atoms with van der Waals surface area (Å²) in [6.45, 7) is 0. The van der Waals surface area contributed by atoms with Crippen LogP contribution in [0.25, 0.3) is 0 Å². The van der Waals surface area contributed by atoms with Gasteiger partial charge >= 0.3 is 0 Å². The van der Waals surface area contributed by atoms with Crippen molar-refractivity contribution < 1.29 is 0 Å². The highest BCUT2D eigenvalue weighted by Crippen LogP contribution is 2.52. The van der Waals surface area contributed by atoms with Crippen molar-refractivity contribution in [2.45, 2.75) is 44.9 Å². The number of nitriles is 1. The molecular formula is C10H15N. The zero-order valence-corrected chi connectivity index (χ0v) is 6.97. The first-order chi connectivity index (χ1) is 5.37. The molecule has 1 nitrogen and oxygen atoms in total. The maximum Gasteiger partial charge on any atom is 0.0692 e. The maximum atomic E-state index is 9.05. The summed E-state index contributed by atoms with van der Waals surface area (Å²) < 4.78 is 0. The molecule has 0 amide bonds. The van der Waals surface area contributed by atoms with Crippen molar-refractivity contribution >= 4 is 0 Å². The van der Waals surface area contributed by atoms with Crippen LogP contribution in [0.4, 0.5) is 0 Å². The van der Waals surface area contributed by atoms with Crippen molar-refractivity contribution in [3.8, 4) is 6.07 Å². The Hall–Kier alpha value is -0.510. The summed E-state index contributed by atoms with van der Waals surface area (Å²) in [6, 6.07) is 2.56. The van der Waals surface area contributed by atoms with E-state index in [-0.39, 0.29) is 5.41 Å². The van der Waals surface area contributed by atoms with Gasteiger partial charge < -0.3 is 0 Å². The second-order valence-corrected chi connectivity index (χ2v) is 4.10. The molecule has 0 aromatic rings. The van der Waals surface area contributed by atoms with Crippen molar-refractivity contribution in [2.75, 3.05) is 0 Å². The lowest BCUT2D eigenvalue weighted by atomic mass is 9.61. The van der Waals surface area contributed by atoms with Crippen molar-refractivity contribution in [2.24, 2.45) is 11.3 Å². The molecule has 0 N–H and O–H groups in total. The normalized spacial score (nSPS) is 29.4. The van der Waals surface area contributed by atoms with E-state index in [1.807, 2.05) is 0 Å². The third kappa shape index (κ3) is 0.965. The fourth-order valence-corrected chi connectivity index (χ4v) is 2.65. The highest BCUT2D eigenvalue weighted by atomic mass is 14.5. The summed E-state index contributed by atoms with van der Waals surface area (Å²) in [5.41, 5.74) is 0.149. The van der Waals surface area contributed by atoms with Crippen LogP contribution in [0, 0.1) is 22.7 Å². The molecule has 0 unspecified atom stereocenters. The molecule has 0 aliphatic heterocycles. The van der Waals surface area contributed by atoms with Crippen LogP contribution in [0.5, 0.6) is 0 Å². The topological polar surface area (TPSA) is 23.8 Å². The van der Waals surface area contributed by atoms with Crippen molar-refractivity contribution in [3.05, 3.63) is 0 Å². The number of hydrogen-bond donors (Lipinski definition) is 0. The Morgan fingerprint density at radius 3 is 2.09 bits per heavy atom. The molecule has 0 aromatic heterocycles. The van der Waals surface area contributed by atoms with Crippen LogP contribution in [0.2, 0.25) is 0 Å². The van der Waals surface area contributed by atoms with Crippen LogP contribution in [0.1, 0.15) is 44.9 Å². The first-order valence-corrected chi connectivity index (χ1v) is 4.79. The van der Waals surface area contributed by atoms with Gasteiger partial charge in [0.05, 0.1) is 11.5 Å². The van der Waals surface area contributed by atoms with E-state index in [4.69, 9.17) is 5.26 Å². The van der Waals surface area contributed by atoms with Gasteiger partial charge in [-0.3, -0.25) is 0 Å². The number of rotatable bonds is 1. The van der Waals surface area contributed by atoms with Gasteiger partial charge in [0.25, 0.3) is 0 Å². The molecule has 2 fully saturated rings. The van der Waals surface area contributed by atoms with Gasteiger partial charge in [-0.1, -0.05) is 19.3 Å². The van der Waals surface area contributed by atoms with Crippen LogP contribution in [0.15, 0.2) is 0 Å². The van der Waals surface area contributed by atoms with Crippen molar-refractivity contribution in [1.82, 2.24) is 0 Å². The summed E-state index contributed by atoms with van der Waals surface area (Å²) >= 11 is 0. The summed E-state index contributed by atoms with van der Waals surface area (Å²) in [7, 11) is 0. The molecule has 2 saturated carbocycles. The van der Waals surface area contributed by atoms with E-state index in [0.29, 0.717) is 0 Å². The molecular weight excluding hydrogens is 134 g/mol. The van der Waals surface area contributed by atoms with Gasteiger partial charge in [0.2, 0.25) is 0 Å². The van der Waals surface area contributed by atoms with Crippen molar-refractivity contribution in [3.63, 3.8) is 0 Å². The zero-order valence-electron chi connectivity index (χ0n) is 6.97. The van der Waals surface area contributed by atoms with E-state index in [1.54, 1.807) is 0 Å². The summed E-state index contributed by atoms with van der Waals surface area (Å²) in [5.74, 6) is 0.765. The minimum absolute atomic E-state index is 0.149. The summed E-state index contributed by atoms with van der Waals surface area (Å²) in [5, 5.41) is 9.05. The largest absolute Gasteiger partial charge is 0.198 e. The van der Waals surface area contributed by atoms with Gasteiger partial charge in [-0.05, 0) is 31.6 Å². The molecule has 0 atom stereocenters. The van der Waals surface area contributed by atoms with Crippen molar-refractivity contribution in [1.29, 1.82) is 5.26 Å². The smallest absolute Gasteiger partial charge is 0.0692 e. The minimum atomic E-state index is 0.149. The first kappa shape index (κ1) is 7.16. The minimum Gasteiger partial charge on any atom is -0.198 e. The highest BCUT2D eigenvalue weighted by Gasteiger charge is 2.44. The van der Waals surface area contributed by atoms with Gasteiger partial charge in [-0.25, -0.2) is 0 Å². The predicted molar refractivity (Wildman–Crippen MR) is 43.9 cm³/mol. The molecule has 60 valence electrons. The maximum absolute atomic E-state index is 9.05. The molecule has 2 rings (SSSR count). The average molecular weight is 149 g/mol. The zero-order chi connectivity index (χ0) is 7.73. The van der Waals surface area contributed by atoms with Gasteiger partial charge in [0.1, 0.15) is 0 Å². The Balaban J connectivity index is 2.06. The lowest BCUT2D eigenvalue weighted by molar-refractivity contribution is 0.121. The molecule has 1 heteroatoms. The first-order valence-electron chi connectivity index (χ1n) is 4.79. The Morgan fingerprint density at radius 2 is 1.73 bits per heavy atom. The standard InChI is InChI=1S/C10H15N/c11-8-10(6-3-7-10)9-4-1-2-5-9/h9H,1-7H2.